The van der Waals surface area contributed by atoms with E-state index >= 15 is 0 Å². The fraction of sp³-hybridized carbons (Fsp3) is 0.615. The molecule has 192 valence electrons. The van der Waals surface area contributed by atoms with Gasteiger partial charge in [0.2, 0.25) is 0 Å². The molecule has 0 aromatic carbocycles. The molecule has 0 radical (unpaired) electrons. The van der Waals surface area contributed by atoms with Gasteiger partial charge in [0.15, 0.2) is 4.77 Å². The molecule has 0 aliphatic rings. The molecule has 0 unspecified atom stereocenters. The summed E-state index contributed by atoms with van der Waals surface area (Å²) in [5.74, 6) is -50.3. The Morgan fingerprint density at radius 1 is 0.576 bits per heavy atom. The number of alkyl halides is 17. The summed E-state index contributed by atoms with van der Waals surface area (Å²) < 4.78 is 222. The van der Waals surface area contributed by atoms with Crippen molar-refractivity contribution < 1.29 is 74.6 Å². The van der Waals surface area contributed by atoms with E-state index < -0.39 is 57.1 Å². The van der Waals surface area contributed by atoms with Crippen molar-refractivity contribution in [3.8, 4) is 0 Å². The topological polar surface area (TPSA) is 9.86 Å². The van der Waals surface area contributed by atoms with Crippen LogP contribution in [0.2, 0.25) is 0 Å². The van der Waals surface area contributed by atoms with Crippen LogP contribution in [-0.2, 0) is 6.05 Å². The normalized spacial score (nSPS) is 15.7. The summed E-state index contributed by atoms with van der Waals surface area (Å²) in [5.41, 5.74) is 0. The molecule has 0 saturated heterocycles. The fourth-order valence-corrected chi connectivity index (χ4v) is 2.36. The van der Waals surface area contributed by atoms with Crippen LogP contribution in [0, 0.1) is 4.77 Å². The van der Waals surface area contributed by atoms with E-state index in [1.807, 2.05) is 0 Å². The Balaban J connectivity index is 3.77. The third-order valence-electron chi connectivity index (χ3n) is 4.01. The molecule has 0 bridgehead atoms. The van der Waals surface area contributed by atoms with E-state index in [0.29, 0.717) is 6.20 Å². The number of aromatic nitrogens is 2. The monoisotopic (exact) mass is 544 g/mol. The second-order valence-corrected chi connectivity index (χ2v) is 6.39. The Hall–Kier alpha value is -2.02. The Morgan fingerprint density at radius 2 is 0.909 bits per heavy atom. The van der Waals surface area contributed by atoms with Crippen molar-refractivity contribution in [2.75, 3.05) is 0 Å². The van der Waals surface area contributed by atoms with Gasteiger partial charge in [0.25, 0.3) is 0 Å². The van der Waals surface area contributed by atoms with Crippen molar-refractivity contribution >= 4 is 18.4 Å². The molecule has 0 aliphatic heterocycles. The summed E-state index contributed by atoms with van der Waals surface area (Å²) in [6, 6.07) is -6.76. The maximum atomic E-state index is 14.0. The summed E-state index contributed by atoms with van der Waals surface area (Å²) in [5, 5.41) is 0. The first-order chi connectivity index (χ1) is 14.2. The average Bonchev–Trinajstić information content (AvgIpc) is 3.00. The molecule has 0 N–H and O–H groups in total. The smallest absolute Gasteiger partial charge is 0.300 e. The van der Waals surface area contributed by atoms with Crippen molar-refractivity contribution in [3.63, 3.8) is 0 Å². The number of rotatable bonds is 8. The summed E-state index contributed by atoms with van der Waals surface area (Å²) in [7, 11) is 0. The van der Waals surface area contributed by atoms with Crippen LogP contribution in [0.15, 0.2) is 19.0 Å². The Bertz CT molecular complexity index is 951. The minimum absolute atomic E-state index is 0.197. The number of hydrogen-bond donors (Lipinski definition) is 0. The van der Waals surface area contributed by atoms with Gasteiger partial charge in [-0.1, -0.05) is 6.58 Å². The first-order valence-electron chi connectivity index (χ1n) is 7.35. The van der Waals surface area contributed by atoms with Crippen molar-refractivity contribution in [3.05, 3.63) is 23.7 Å². The lowest BCUT2D eigenvalue weighted by atomic mass is 9.90. The van der Waals surface area contributed by atoms with Crippen LogP contribution in [0.25, 0.3) is 6.20 Å². The highest BCUT2D eigenvalue weighted by molar-refractivity contribution is 7.71. The van der Waals surface area contributed by atoms with Crippen molar-refractivity contribution in [1.29, 1.82) is 0 Å². The number of imidazole rings is 1. The van der Waals surface area contributed by atoms with Gasteiger partial charge in [-0.05, 0) is 12.2 Å². The van der Waals surface area contributed by atoms with Gasteiger partial charge in [-0.3, -0.25) is 9.13 Å². The second kappa shape index (κ2) is 7.49. The van der Waals surface area contributed by atoms with Crippen LogP contribution in [-0.4, -0.2) is 50.8 Å². The van der Waals surface area contributed by atoms with Gasteiger partial charge in [-0.25, -0.2) is 0 Å². The lowest BCUT2D eigenvalue weighted by Crippen LogP contribution is -2.74. The highest BCUT2D eigenvalue weighted by atomic mass is 32.1. The summed E-state index contributed by atoms with van der Waals surface area (Å²) >= 11 is 4.10. The van der Waals surface area contributed by atoms with Crippen LogP contribution in [0.3, 0.4) is 0 Å². The van der Waals surface area contributed by atoms with Gasteiger partial charge in [-0.15, -0.1) is 0 Å². The molecule has 2 nitrogen and oxygen atoms in total. The predicted molar refractivity (Wildman–Crippen MR) is 75.6 cm³/mol. The second-order valence-electron chi connectivity index (χ2n) is 6.03. The van der Waals surface area contributed by atoms with E-state index in [4.69, 9.17) is 0 Å². The van der Waals surface area contributed by atoms with Crippen molar-refractivity contribution in [1.82, 2.24) is 9.13 Å². The minimum atomic E-state index is -8.67. The maximum Gasteiger partial charge on any atom is 0.460 e. The standard InChI is InChI=1S/C13H5F17N2S/c1-2-31-3-4-32(5(31)33)13(29,30)11(24,25)9(20,21)7(16,17)6(14,15)8(18,19)10(22,23)12(26,27)28/h2-4H,1H2. The highest BCUT2D eigenvalue weighted by Crippen LogP contribution is 2.64. The molecule has 0 spiro atoms. The van der Waals surface area contributed by atoms with Gasteiger partial charge in [0.1, 0.15) is 0 Å². The van der Waals surface area contributed by atoms with E-state index in [1.54, 1.807) is 0 Å². The zero-order valence-corrected chi connectivity index (χ0v) is 15.5. The third-order valence-corrected chi connectivity index (χ3v) is 4.42. The zero-order valence-electron chi connectivity index (χ0n) is 14.7. The van der Waals surface area contributed by atoms with Crippen LogP contribution in [0.1, 0.15) is 0 Å². The number of halogens is 17. The Kier molecular flexibility index (Phi) is 6.58. The van der Waals surface area contributed by atoms with Crippen LogP contribution < -0.4 is 0 Å². The number of nitrogens with zero attached hydrogens (tertiary/aromatic N) is 2. The molecule has 0 amide bonds. The van der Waals surface area contributed by atoms with Gasteiger partial charge in [0.05, 0.1) is 0 Å². The molecule has 0 fully saturated rings. The maximum absolute atomic E-state index is 14.0. The van der Waals surface area contributed by atoms with Gasteiger partial charge < -0.3 is 0 Å². The predicted octanol–water partition coefficient (Wildman–Crippen LogP) is 7.04. The van der Waals surface area contributed by atoms with Gasteiger partial charge >= 0.3 is 47.8 Å². The van der Waals surface area contributed by atoms with Crippen LogP contribution >= 0.6 is 12.2 Å². The van der Waals surface area contributed by atoms with E-state index in [-0.39, 0.29) is 17.0 Å². The lowest BCUT2D eigenvalue weighted by molar-refractivity contribution is -0.467. The van der Waals surface area contributed by atoms with E-state index in [0.717, 1.165) is 0 Å². The summed E-state index contributed by atoms with van der Waals surface area (Å²) in [4.78, 5) is 0. The average molecular weight is 544 g/mol. The molecule has 1 aromatic heterocycles. The highest BCUT2D eigenvalue weighted by Gasteiger charge is 2.95. The SMILES string of the molecule is C=Cn1ccn(C(F)(F)C(F)(F)C(F)(F)C(F)(F)C(F)(F)C(F)(F)C(F)(F)C(F)(F)F)c1=S. The first kappa shape index (κ1) is 29.0. The molecular formula is C13H5F17N2S. The number of hydrogen-bond acceptors (Lipinski definition) is 1. The molecule has 0 saturated carbocycles. The first-order valence-corrected chi connectivity index (χ1v) is 7.76. The quantitative estimate of drug-likeness (QED) is 0.252. The minimum Gasteiger partial charge on any atom is -0.300 e. The van der Waals surface area contributed by atoms with Crippen LogP contribution in [0.5, 0.6) is 0 Å². The molecule has 33 heavy (non-hydrogen) atoms. The lowest BCUT2D eigenvalue weighted by Gasteiger charge is -2.42. The molecular weight excluding hydrogens is 539 g/mol. The van der Waals surface area contributed by atoms with E-state index in [2.05, 4.69) is 18.8 Å². The molecule has 1 rings (SSSR count). The third kappa shape index (κ3) is 3.49. The Labute approximate surface area is 174 Å². The summed E-state index contributed by atoms with van der Waals surface area (Å²) in [6.07, 6.45) is -7.34. The van der Waals surface area contributed by atoms with Crippen molar-refractivity contribution in [2.45, 2.75) is 47.8 Å². The molecule has 20 heteroatoms. The van der Waals surface area contributed by atoms with E-state index in [9.17, 15) is 74.6 Å². The van der Waals surface area contributed by atoms with E-state index in [1.165, 1.54) is 0 Å². The molecule has 1 heterocycles. The van der Waals surface area contributed by atoms with Crippen LogP contribution in [0.4, 0.5) is 74.6 Å². The van der Waals surface area contributed by atoms with Gasteiger partial charge in [-0.2, -0.15) is 74.6 Å². The Morgan fingerprint density at radius 3 is 1.21 bits per heavy atom. The van der Waals surface area contributed by atoms with Crippen molar-refractivity contribution in [2.24, 2.45) is 0 Å². The molecule has 0 aliphatic carbocycles. The fourth-order valence-electron chi connectivity index (χ4n) is 2.05. The summed E-state index contributed by atoms with van der Waals surface area (Å²) in [6.45, 7) is 2.88. The molecule has 1 aromatic rings. The van der Waals surface area contributed by atoms with Gasteiger partial charge in [0, 0.05) is 18.6 Å². The largest absolute Gasteiger partial charge is 0.460 e. The molecule has 0 atom stereocenters. The zero-order chi connectivity index (χ0) is 26.9.